The summed E-state index contributed by atoms with van der Waals surface area (Å²) in [5.74, 6) is 0. The van der Waals surface area contributed by atoms with Crippen molar-refractivity contribution in [3.05, 3.63) is 0 Å². The SMILES string of the molecule is CCCCCC(N)CCCCN. The van der Waals surface area contributed by atoms with Gasteiger partial charge in [-0.2, -0.15) is 0 Å². The molecule has 0 aromatic heterocycles. The zero-order chi connectivity index (χ0) is 9.23. The molecule has 0 aromatic carbocycles. The number of hydrogen-bond donors (Lipinski definition) is 2. The maximum atomic E-state index is 5.91. The first-order chi connectivity index (χ1) is 5.81. The summed E-state index contributed by atoms with van der Waals surface area (Å²) in [7, 11) is 0. The van der Waals surface area contributed by atoms with Gasteiger partial charge in [0.15, 0.2) is 0 Å². The van der Waals surface area contributed by atoms with Crippen molar-refractivity contribution in [2.75, 3.05) is 6.54 Å². The number of hydrogen-bond acceptors (Lipinski definition) is 2. The quantitative estimate of drug-likeness (QED) is 0.550. The van der Waals surface area contributed by atoms with E-state index in [1.807, 2.05) is 0 Å². The highest BCUT2D eigenvalue weighted by atomic mass is 14.6. The lowest BCUT2D eigenvalue weighted by Gasteiger charge is -2.09. The fourth-order valence-corrected chi connectivity index (χ4v) is 1.35. The molecule has 0 radical (unpaired) electrons. The molecule has 2 heteroatoms. The number of nitrogens with two attached hydrogens (primary N) is 2. The van der Waals surface area contributed by atoms with E-state index in [4.69, 9.17) is 11.5 Å². The van der Waals surface area contributed by atoms with Crippen molar-refractivity contribution in [2.24, 2.45) is 11.5 Å². The number of rotatable bonds is 8. The van der Waals surface area contributed by atoms with Gasteiger partial charge < -0.3 is 11.5 Å². The molecule has 0 bridgehead atoms. The molecule has 0 heterocycles. The van der Waals surface area contributed by atoms with E-state index in [-0.39, 0.29) is 0 Å². The van der Waals surface area contributed by atoms with Crippen molar-refractivity contribution < 1.29 is 0 Å². The van der Waals surface area contributed by atoms with E-state index in [0.29, 0.717) is 6.04 Å². The van der Waals surface area contributed by atoms with Gasteiger partial charge in [0.2, 0.25) is 0 Å². The van der Waals surface area contributed by atoms with Crippen LogP contribution >= 0.6 is 0 Å². The maximum Gasteiger partial charge on any atom is 0.00388 e. The molecule has 0 aromatic rings. The highest BCUT2D eigenvalue weighted by Gasteiger charge is 2.00. The molecule has 1 unspecified atom stereocenters. The minimum atomic E-state index is 0.420. The van der Waals surface area contributed by atoms with Crippen LogP contribution in [0, 0.1) is 0 Å². The summed E-state index contributed by atoms with van der Waals surface area (Å²) >= 11 is 0. The second-order valence-corrected chi connectivity index (χ2v) is 3.54. The van der Waals surface area contributed by atoms with Gasteiger partial charge in [-0.15, -0.1) is 0 Å². The van der Waals surface area contributed by atoms with Crippen molar-refractivity contribution in [2.45, 2.75) is 57.9 Å². The Hall–Kier alpha value is -0.0800. The van der Waals surface area contributed by atoms with Gasteiger partial charge in [-0.25, -0.2) is 0 Å². The first kappa shape index (κ1) is 11.9. The third kappa shape index (κ3) is 8.02. The molecule has 0 spiro atoms. The van der Waals surface area contributed by atoms with E-state index in [1.54, 1.807) is 0 Å². The molecule has 74 valence electrons. The molecule has 0 fully saturated rings. The van der Waals surface area contributed by atoms with Crippen molar-refractivity contribution in [3.63, 3.8) is 0 Å². The summed E-state index contributed by atoms with van der Waals surface area (Å²) in [5.41, 5.74) is 11.3. The minimum Gasteiger partial charge on any atom is -0.330 e. The lowest BCUT2D eigenvalue weighted by atomic mass is 10.0. The van der Waals surface area contributed by atoms with Crippen LogP contribution in [0.25, 0.3) is 0 Å². The van der Waals surface area contributed by atoms with Crippen molar-refractivity contribution in [3.8, 4) is 0 Å². The molecular weight excluding hydrogens is 148 g/mol. The molecule has 2 nitrogen and oxygen atoms in total. The van der Waals surface area contributed by atoms with E-state index in [1.165, 1.54) is 32.1 Å². The van der Waals surface area contributed by atoms with Crippen molar-refractivity contribution >= 4 is 0 Å². The minimum absolute atomic E-state index is 0.420. The van der Waals surface area contributed by atoms with Crippen LogP contribution in [-0.4, -0.2) is 12.6 Å². The van der Waals surface area contributed by atoms with Gasteiger partial charge in [0.25, 0.3) is 0 Å². The van der Waals surface area contributed by atoms with Gasteiger partial charge in [-0.05, 0) is 25.8 Å². The Kier molecular flexibility index (Phi) is 8.95. The summed E-state index contributed by atoms with van der Waals surface area (Å²) < 4.78 is 0. The van der Waals surface area contributed by atoms with Gasteiger partial charge in [-0.1, -0.05) is 32.6 Å². The third-order valence-electron chi connectivity index (χ3n) is 2.21. The summed E-state index contributed by atoms with van der Waals surface area (Å²) in [6, 6.07) is 0.420. The first-order valence-electron chi connectivity index (χ1n) is 5.27. The Morgan fingerprint density at radius 2 is 1.58 bits per heavy atom. The fraction of sp³-hybridized carbons (Fsp3) is 1.00. The van der Waals surface area contributed by atoms with Crippen LogP contribution in [0.1, 0.15) is 51.9 Å². The molecule has 4 N–H and O–H groups in total. The Morgan fingerprint density at radius 3 is 2.08 bits per heavy atom. The standard InChI is InChI=1S/C10H24N2/c1-2-3-4-7-10(12)8-5-6-9-11/h10H,2-9,11-12H2,1H3. The molecule has 0 aliphatic rings. The van der Waals surface area contributed by atoms with Gasteiger partial charge >= 0.3 is 0 Å². The maximum absolute atomic E-state index is 5.91. The van der Waals surface area contributed by atoms with E-state index in [0.717, 1.165) is 19.4 Å². The summed E-state index contributed by atoms with van der Waals surface area (Å²) in [6.45, 7) is 3.03. The average Bonchev–Trinajstić information content (AvgIpc) is 2.06. The molecule has 12 heavy (non-hydrogen) atoms. The molecule has 0 saturated heterocycles. The van der Waals surface area contributed by atoms with Gasteiger partial charge in [0, 0.05) is 6.04 Å². The molecule has 0 amide bonds. The van der Waals surface area contributed by atoms with Crippen LogP contribution < -0.4 is 11.5 Å². The Morgan fingerprint density at radius 1 is 1.00 bits per heavy atom. The largest absolute Gasteiger partial charge is 0.330 e. The predicted octanol–water partition coefficient (Wildman–Crippen LogP) is 2.02. The summed E-state index contributed by atoms with van der Waals surface area (Å²) in [4.78, 5) is 0. The van der Waals surface area contributed by atoms with Crippen LogP contribution in [-0.2, 0) is 0 Å². The average molecular weight is 172 g/mol. The molecule has 1 atom stereocenters. The highest BCUT2D eigenvalue weighted by molar-refractivity contribution is 4.61. The fourth-order valence-electron chi connectivity index (χ4n) is 1.35. The van der Waals surface area contributed by atoms with Gasteiger partial charge in [0.05, 0.1) is 0 Å². The van der Waals surface area contributed by atoms with E-state index in [9.17, 15) is 0 Å². The monoisotopic (exact) mass is 172 g/mol. The predicted molar refractivity (Wildman–Crippen MR) is 55.0 cm³/mol. The van der Waals surface area contributed by atoms with Gasteiger partial charge in [-0.3, -0.25) is 0 Å². The van der Waals surface area contributed by atoms with Crippen molar-refractivity contribution in [1.29, 1.82) is 0 Å². The zero-order valence-corrected chi connectivity index (χ0v) is 8.39. The second-order valence-electron chi connectivity index (χ2n) is 3.54. The highest BCUT2D eigenvalue weighted by Crippen LogP contribution is 2.07. The first-order valence-corrected chi connectivity index (χ1v) is 5.27. The van der Waals surface area contributed by atoms with E-state index in [2.05, 4.69) is 6.92 Å². The molecule has 0 saturated carbocycles. The third-order valence-corrected chi connectivity index (χ3v) is 2.21. The van der Waals surface area contributed by atoms with Crippen LogP contribution in [0.5, 0.6) is 0 Å². The van der Waals surface area contributed by atoms with E-state index < -0.39 is 0 Å². The van der Waals surface area contributed by atoms with Gasteiger partial charge in [0.1, 0.15) is 0 Å². The smallest absolute Gasteiger partial charge is 0.00388 e. The molecule has 0 aliphatic heterocycles. The van der Waals surface area contributed by atoms with Crippen LogP contribution in [0.4, 0.5) is 0 Å². The zero-order valence-electron chi connectivity index (χ0n) is 8.39. The second kappa shape index (κ2) is 9.01. The van der Waals surface area contributed by atoms with E-state index >= 15 is 0 Å². The normalized spacial score (nSPS) is 13.2. The Bertz CT molecular complexity index is 73.9. The summed E-state index contributed by atoms with van der Waals surface area (Å²) in [6.07, 6.45) is 8.57. The molecule has 0 aliphatic carbocycles. The molecular formula is C10H24N2. The topological polar surface area (TPSA) is 52.0 Å². The number of unbranched alkanes of at least 4 members (excludes halogenated alkanes) is 3. The van der Waals surface area contributed by atoms with Crippen LogP contribution in [0.2, 0.25) is 0 Å². The lowest BCUT2D eigenvalue weighted by Crippen LogP contribution is -2.19. The lowest BCUT2D eigenvalue weighted by molar-refractivity contribution is 0.506. The summed E-state index contributed by atoms with van der Waals surface area (Å²) in [5, 5.41) is 0. The Labute approximate surface area is 76.7 Å². The van der Waals surface area contributed by atoms with Crippen molar-refractivity contribution in [1.82, 2.24) is 0 Å². The Balaban J connectivity index is 3.04. The molecule has 0 rings (SSSR count). The van der Waals surface area contributed by atoms with Crippen LogP contribution in [0.15, 0.2) is 0 Å². The van der Waals surface area contributed by atoms with Crippen LogP contribution in [0.3, 0.4) is 0 Å².